The van der Waals surface area contributed by atoms with E-state index in [2.05, 4.69) is 55.4 Å². The number of benzene rings is 2. The molecule has 7 heteroatoms. The third kappa shape index (κ3) is 6.32. The Bertz CT molecular complexity index is 1150. The highest BCUT2D eigenvalue weighted by molar-refractivity contribution is 5.89. The van der Waals surface area contributed by atoms with Gasteiger partial charge in [0.15, 0.2) is 6.29 Å². The largest absolute Gasteiger partial charge is 0.392 e. The predicted octanol–water partition coefficient (Wildman–Crippen LogP) is 6.01. The summed E-state index contributed by atoms with van der Waals surface area (Å²) in [6, 6.07) is 16.1. The summed E-state index contributed by atoms with van der Waals surface area (Å²) < 4.78 is 13.4. The Kier molecular flexibility index (Phi) is 8.07. The number of anilines is 1. The Morgan fingerprint density at radius 3 is 2.56 bits per heavy atom. The molecule has 7 nitrogen and oxygen atoms in total. The van der Waals surface area contributed by atoms with E-state index in [1.54, 1.807) is 0 Å². The minimum atomic E-state index is -0.557. The van der Waals surface area contributed by atoms with E-state index in [0.717, 1.165) is 29.8 Å². The summed E-state index contributed by atoms with van der Waals surface area (Å²) in [5.41, 5.74) is 4.28. The number of hydrogen-bond acceptors (Lipinski definition) is 5. The van der Waals surface area contributed by atoms with Gasteiger partial charge in [0.05, 0.1) is 18.8 Å². The molecule has 2 unspecified atom stereocenters. The van der Waals surface area contributed by atoms with Crippen molar-refractivity contribution in [3.05, 3.63) is 65.2 Å². The van der Waals surface area contributed by atoms with E-state index in [-0.39, 0.29) is 30.8 Å². The molecule has 212 valence electrons. The fourth-order valence-corrected chi connectivity index (χ4v) is 7.45. The number of nitrogens with one attached hydrogen (secondary N) is 2. The summed E-state index contributed by atoms with van der Waals surface area (Å²) in [6.45, 7) is 14.0. The van der Waals surface area contributed by atoms with Gasteiger partial charge in [-0.2, -0.15) is 0 Å². The van der Waals surface area contributed by atoms with E-state index in [1.165, 1.54) is 19.3 Å². The lowest BCUT2D eigenvalue weighted by Gasteiger charge is -2.43. The zero-order chi connectivity index (χ0) is 27.8. The highest BCUT2D eigenvalue weighted by Crippen LogP contribution is 2.53. The van der Waals surface area contributed by atoms with Crippen LogP contribution in [0.15, 0.2) is 48.5 Å². The number of hydrogen-bond donors (Lipinski definition) is 3. The van der Waals surface area contributed by atoms with Crippen molar-refractivity contribution in [2.45, 2.75) is 85.0 Å². The van der Waals surface area contributed by atoms with Crippen LogP contribution in [-0.2, 0) is 16.1 Å². The van der Waals surface area contributed by atoms with Crippen LogP contribution < -0.4 is 10.6 Å². The molecule has 2 saturated heterocycles. The number of aliphatic hydroxyl groups excluding tert-OH is 1. The van der Waals surface area contributed by atoms with Crippen LogP contribution in [0.5, 0.6) is 0 Å². The first kappa shape index (κ1) is 28.1. The number of carbonyl (C=O) groups excluding carboxylic acids is 1. The third-order valence-electron chi connectivity index (χ3n) is 8.82. The number of carbonyl (C=O) groups is 1. The maximum atomic E-state index is 12.1. The van der Waals surface area contributed by atoms with Crippen molar-refractivity contribution in [3.8, 4) is 0 Å². The van der Waals surface area contributed by atoms with E-state index in [0.29, 0.717) is 29.1 Å². The Morgan fingerprint density at radius 2 is 1.85 bits per heavy atom. The monoisotopic (exact) mass is 535 g/mol. The number of amides is 2. The van der Waals surface area contributed by atoms with Gasteiger partial charge in [0.25, 0.3) is 0 Å². The molecule has 0 radical (unpaired) electrons. The number of rotatable bonds is 7. The van der Waals surface area contributed by atoms with Gasteiger partial charge in [-0.25, -0.2) is 4.79 Å². The summed E-state index contributed by atoms with van der Waals surface area (Å²) in [6.07, 6.45) is 3.03. The molecular weight excluding hydrogens is 490 g/mol. The van der Waals surface area contributed by atoms with Gasteiger partial charge < -0.3 is 25.2 Å². The SMILES string of the molecule is CCNC(=O)Nc1cccc([C@@H]2O[C@H](CN3CC4(C)CC3CC(C)(C)C4)[C@H](C)[C@H](c3ccc(CO)cc3)O2)c1. The summed E-state index contributed by atoms with van der Waals surface area (Å²) in [5.74, 6) is 0.138. The van der Waals surface area contributed by atoms with Crippen molar-refractivity contribution < 1.29 is 19.4 Å². The number of fused-ring (bicyclic) bond motifs is 2. The Labute approximate surface area is 233 Å². The molecule has 0 aromatic heterocycles. The van der Waals surface area contributed by atoms with Gasteiger partial charge in [-0.15, -0.1) is 0 Å². The normalized spacial score (nSPS) is 32.1. The highest BCUT2D eigenvalue weighted by atomic mass is 16.7. The molecule has 39 heavy (non-hydrogen) atoms. The minimum absolute atomic E-state index is 0.0164. The summed E-state index contributed by atoms with van der Waals surface area (Å²) in [4.78, 5) is 14.8. The molecule has 2 amide bonds. The van der Waals surface area contributed by atoms with Crippen molar-refractivity contribution in [1.29, 1.82) is 0 Å². The van der Waals surface area contributed by atoms with Crippen LogP contribution in [0.1, 0.15) is 83.0 Å². The molecule has 3 N–H and O–H groups in total. The molecule has 2 aromatic carbocycles. The molecule has 2 heterocycles. The van der Waals surface area contributed by atoms with Crippen LogP contribution in [0.2, 0.25) is 0 Å². The summed E-state index contributed by atoms with van der Waals surface area (Å²) in [7, 11) is 0. The quantitative estimate of drug-likeness (QED) is 0.404. The van der Waals surface area contributed by atoms with Crippen LogP contribution in [0.4, 0.5) is 10.5 Å². The lowest BCUT2D eigenvalue weighted by atomic mass is 9.65. The second-order valence-corrected chi connectivity index (χ2v) is 13.1. The van der Waals surface area contributed by atoms with Crippen molar-refractivity contribution >= 4 is 11.7 Å². The molecule has 3 aliphatic rings. The smallest absolute Gasteiger partial charge is 0.319 e. The van der Waals surface area contributed by atoms with Gasteiger partial charge >= 0.3 is 6.03 Å². The van der Waals surface area contributed by atoms with E-state index >= 15 is 0 Å². The molecule has 1 saturated carbocycles. The van der Waals surface area contributed by atoms with Crippen molar-refractivity contribution in [3.63, 3.8) is 0 Å². The van der Waals surface area contributed by atoms with Crippen molar-refractivity contribution in [2.24, 2.45) is 16.7 Å². The predicted molar refractivity (Wildman–Crippen MR) is 153 cm³/mol. The second kappa shape index (κ2) is 11.2. The Hall–Kier alpha value is -2.45. The van der Waals surface area contributed by atoms with Gasteiger partial charge in [0.1, 0.15) is 0 Å². The standard InChI is InChI=1S/C32H45N3O4/c1-6-33-30(37)34-25-9-7-8-24(14-25)29-38-27(17-35-20-32(5)16-26(35)15-31(3,4)19-32)21(2)28(39-29)23-12-10-22(18-36)11-13-23/h7-14,21,26-29,36H,6,15-20H2,1-5H3,(H2,33,34,37)/t21-,26?,27+,28+,29+,32?/m0/s1. The third-order valence-corrected chi connectivity index (χ3v) is 8.82. The molecule has 1 aliphatic carbocycles. The van der Waals surface area contributed by atoms with Crippen molar-refractivity contribution in [1.82, 2.24) is 10.2 Å². The maximum Gasteiger partial charge on any atom is 0.319 e. The van der Waals surface area contributed by atoms with E-state index in [9.17, 15) is 9.90 Å². The number of nitrogens with zero attached hydrogens (tertiary/aromatic N) is 1. The van der Waals surface area contributed by atoms with Gasteiger partial charge in [-0.1, -0.05) is 64.1 Å². The second-order valence-electron chi connectivity index (χ2n) is 13.1. The van der Waals surface area contributed by atoms with Crippen LogP contribution >= 0.6 is 0 Å². The number of urea groups is 1. The Balaban J connectivity index is 1.40. The number of ether oxygens (including phenoxy) is 2. The topological polar surface area (TPSA) is 83.1 Å². The van der Waals surface area contributed by atoms with Crippen LogP contribution in [-0.4, -0.2) is 47.8 Å². The van der Waals surface area contributed by atoms with Crippen LogP contribution in [0.25, 0.3) is 0 Å². The first-order valence-corrected chi connectivity index (χ1v) is 14.5. The summed E-state index contributed by atoms with van der Waals surface area (Å²) in [5, 5.41) is 15.2. The minimum Gasteiger partial charge on any atom is -0.392 e. The zero-order valence-electron chi connectivity index (χ0n) is 24.1. The van der Waals surface area contributed by atoms with Crippen LogP contribution in [0, 0.1) is 16.7 Å². The first-order valence-electron chi connectivity index (χ1n) is 14.5. The number of likely N-dealkylation sites (tertiary alicyclic amines) is 1. The average Bonchev–Trinajstić information content (AvgIpc) is 3.12. The molecule has 6 atom stereocenters. The molecule has 2 bridgehead atoms. The molecule has 0 spiro atoms. The molecule has 3 fully saturated rings. The highest BCUT2D eigenvalue weighted by Gasteiger charge is 2.51. The van der Waals surface area contributed by atoms with E-state index in [1.807, 2.05) is 43.3 Å². The fourth-order valence-electron chi connectivity index (χ4n) is 7.45. The van der Waals surface area contributed by atoms with E-state index in [4.69, 9.17) is 9.47 Å². The van der Waals surface area contributed by atoms with Crippen molar-refractivity contribution in [2.75, 3.05) is 25.0 Å². The molecular formula is C32H45N3O4. The maximum absolute atomic E-state index is 12.1. The van der Waals surface area contributed by atoms with Gasteiger partial charge in [0.2, 0.25) is 0 Å². The lowest BCUT2D eigenvalue weighted by Crippen LogP contribution is -2.46. The first-order chi connectivity index (χ1) is 18.6. The summed E-state index contributed by atoms with van der Waals surface area (Å²) >= 11 is 0. The molecule has 2 aliphatic heterocycles. The number of aliphatic hydroxyl groups is 1. The van der Waals surface area contributed by atoms with Gasteiger partial charge in [-0.3, -0.25) is 4.90 Å². The average molecular weight is 536 g/mol. The van der Waals surface area contributed by atoms with Gasteiger partial charge in [0, 0.05) is 42.8 Å². The molecule has 5 rings (SSSR count). The van der Waals surface area contributed by atoms with Crippen LogP contribution in [0.3, 0.4) is 0 Å². The van der Waals surface area contributed by atoms with E-state index < -0.39 is 6.29 Å². The Morgan fingerprint density at radius 1 is 1.08 bits per heavy atom. The lowest BCUT2D eigenvalue weighted by molar-refractivity contribution is -0.276. The fraction of sp³-hybridized carbons (Fsp3) is 0.594. The zero-order valence-corrected chi connectivity index (χ0v) is 24.1. The molecule has 2 aromatic rings. The van der Waals surface area contributed by atoms with Gasteiger partial charge in [-0.05, 0) is 60.3 Å².